The SMILES string of the molecule is NC(=O)C1CCN(C(=O)C2CCN(c3cc(-n4ccnc4)ncn3)CC2)CC1. The van der Waals surface area contributed by atoms with Crippen LogP contribution in [-0.4, -0.2) is 62.4 Å². The number of nitrogens with two attached hydrogens (primary N) is 1. The number of carbonyl (C=O) groups is 2. The maximum atomic E-state index is 12.8. The summed E-state index contributed by atoms with van der Waals surface area (Å²) in [5.41, 5.74) is 5.38. The molecule has 2 amide bonds. The van der Waals surface area contributed by atoms with Crippen LogP contribution < -0.4 is 10.6 Å². The number of hydrogen-bond acceptors (Lipinski definition) is 6. The molecule has 4 heterocycles. The van der Waals surface area contributed by atoms with Gasteiger partial charge in [0.15, 0.2) is 0 Å². The van der Waals surface area contributed by atoms with Gasteiger partial charge in [0.25, 0.3) is 0 Å². The molecule has 2 aliphatic rings. The fourth-order valence-electron chi connectivity index (χ4n) is 4.04. The summed E-state index contributed by atoms with van der Waals surface area (Å²) < 4.78 is 1.84. The van der Waals surface area contributed by atoms with Crippen LogP contribution in [0.4, 0.5) is 5.82 Å². The van der Waals surface area contributed by atoms with E-state index in [4.69, 9.17) is 5.73 Å². The Labute approximate surface area is 163 Å². The molecule has 2 aliphatic heterocycles. The Morgan fingerprint density at radius 1 is 0.964 bits per heavy atom. The van der Waals surface area contributed by atoms with Crippen molar-refractivity contribution in [3.05, 3.63) is 31.1 Å². The minimum absolute atomic E-state index is 0.0383. The summed E-state index contributed by atoms with van der Waals surface area (Å²) in [6, 6.07) is 1.94. The second-order valence-corrected chi connectivity index (χ2v) is 7.47. The summed E-state index contributed by atoms with van der Waals surface area (Å²) in [6.07, 6.45) is 9.79. The third-order valence-electron chi connectivity index (χ3n) is 5.78. The predicted molar refractivity (Wildman–Crippen MR) is 103 cm³/mol. The van der Waals surface area contributed by atoms with Crippen molar-refractivity contribution < 1.29 is 9.59 Å². The maximum absolute atomic E-state index is 12.8. The summed E-state index contributed by atoms with van der Waals surface area (Å²) in [7, 11) is 0. The smallest absolute Gasteiger partial charge is 0.225 e. The van der Waals surface area contributed by atoms with Gasteiger partial charge in [-0.15, -0.1) is 0 Å². The molecule has 4 rings (SSSR count). The van der Waals surface area contributed by atoms with Crippen molar-refractivity contribution in [2.24, 2.45) is 17.6 Å². The van der Waals surface area contributed by atoms with E-state index >= 15 is 0 Å². The van der Waals surface area contributed by atoms with Crippen molar-refractivity contribution in [2.75, 3.05) is 31.1 Å². The highest BCUT2D eigenvalue weighted by Gasteiger charge is 2.32. The quantitative estimate of drug-likeness (QED) is 0.828. The Morgan fingerprint density at radius 2 is 1.64 bits per heavy atom. The first kappa shape index (κ1) is 18.4. The molecule has 0 atom stereocenters. The van der Waals surface area contributed by atoms with E-state index in [1.165, 1.54) is 0 Å². The number of aromatic nitrogens is 4. The number of likely N-dealkylation sites (tertiary alicyclic amines) is 1. The fourth-order valence-corrected chi connectivity index (χ4v) is 4.04. The first-order valence-electron chi connectivity index (χ1n) is 9.75. The molecule has 0 aliphatic carbocycles. The van der Waals surface area contributed by atoms with E-state index < -0.39 is 0 Å². The highest BCUT2D eigenvalue weighted by molar-refractivity contribution is 5.80. The number of primary amides is 1. The molecule has 2 aromatic rings. The van der Waals surface area contributed by atoms with Gasteiger partial charge in [-0.1, -0.05) is 0 Å². The molecule has 0 radical (unpaired) electrons. The monoisotopic (exact) mass is 383 g/mol. The van der Waals surface area contributed by atoms with Crippen molar-refractivity contribution in [1.29, 1.82) is 0 Å². The Bertz CT molecular complexity index is 823. The lowest BCUT2D eigenvalue weighted by Gasteiger charge is -2.37. The van der Waals surface area contributed by atoms with Crippen molar-refractivity contribution in [1.82, 2.24) is 24.4 Å². The molecule has 0 unspecified atom stereocenters. The van der Waals surface area contributed by atoms with Gasteiger partial charge in [0.2, 0.25) is 11.8 Å². The lowest BCUT2D eigenvalue weighted by molar-refractivity contribution is -0.139. The molecular weight excluding hydrogens is 358 g/mol. The van der Waals surface area contributed by atoms with Gasteiger partial charge in [-0.25, -0.2) is 15.0 Å². The van der Waals surface area contributed by atoms with E-state index in [1.54, 1.807) is 18.9 Å². The van der Waals surface area contributed by atoms with Crippen molar-refractivity contribution in [3.63, 3.8) is 0 Å². The van der Waals surface area contributed by atoms with Crippen LogP contribution in [0.1, 0.15) is 25.7 Å². The third-order valence-corrected chi connectivity index (χ3v) is 5.78. The molecule has 0 spiro atoms. The molecule has 0 saturated carbocycles. The van der Waals surface area contributed by atoms with Crippen LogP contribution in [0, 0.1) is 11.8 Å². The predicted octanol–water partition coefficient (Wildman–Crippen LogP) is 0.603. The normalized spacial score (nSPS) is 19.0. The molecular formula is C19H25N7O2. The summed E-state index contributed by atoms with van der Waals surface area (Å²) in [5.74, 6) is 1.55. The molecule has 9 heteroatoms. The standard InChI is InChI=1S/C19H25N7O2/c20-18(27)14-1-8-25(9-2-14)19(28)15-3-6-24(7-4-15)16-11-17(23-12-22-16)26-10-5-21-13-26/h5,10-15H,1-4,6-9H2,(H2,20,27). The van der Waals surface area contributed by atoms with Gasteiger partial charge >= 0.3 is 0 Å². The Hall–Kier alpha value is -2.97. The average molecular weight is 383 g/mol. The number of piperidine rings is 2. The molecule has 2 saturated heterocycles. The molecule has 0 aromatic carbocycles. The van der Waals surface area contributed by atoms with Crippen molar-refractivity contribution >= 4 is 17.6 Å². The number of carbonyl (C=O) groups excluding carboxylic acids is 2. The van der Waals surface area contributed by atoms with Crippen LogP contribution in [0.2, 0.25) is 0 Å². The number of imidazole rings is 1. The number of anilines is 1. The molecule has 2 N–H and O–H groups in total. The van der Waals surface area contributed by atoms with E-state index in [-0.39, 0.29) is 23.7 Å². The topological polar surface area (TPSA) is 110 Å². The van der Waals surface area contributed by atoms with Crippen LogP contribution in [0.5, 0.6) is 0 Å². The highest BCUT2D eigenvalue weighted by Crippen LogP contribution is 2.26. The molecule has 2 fully saturated rings. The summed E-state index contributed by atoms with van der Waals surface area (Å²) >= 11 is 0. The lowest BCUT2D eigenvalue weighted by Crippen LogP contribution is -2.47. The number of rotatable bonds is 4. The molecule has 2 aromatic heterocycles. The van der Waals surface area contributed by atoms with Gasteiger partial charge in [0.05, 0.1) is 0 Å². The zero-order chi connectivity index (χ0) is 19.5. The Balaban J connectivity index is 1.33. The van der Waals surface area contributed by atoms with E-state index in [0.29, 0.717) is 25.9 Å². The molecule has 28 heavy (non-hydrogen) atoms. The first-order valence-corrected chi connectivity index (χ1v) is 9.75. The van der Waals surface area contributed by atoms with E-state index in [2.05, 4.69) is 19.9 Å². The van der Waals surface area contributed by atoms with E-state index in [0.717, 1.165) is 37.6 Å². The van der Waals surface area contributed by atoms with Crippen LogP contribution in [0.25, 0.3) is 5.82 Å². The van der Waals surface area contributed by atoms with Crippen molar-refractivity contribution in [2.45, 2.75) is 25.7 Å². The van der Waals surface area contributed by atoms with Gasteiger partial charge in [-0.3, -0.25) is 14.2 Å². The van der Waals surface area contributed by atoms with Crippen LogP contribution >= 0.6 is 0 Å². The zero-order valence-electron chi connectivity index (χ0n) is 15.8. The van der Waals surface area contributed by atoms with Gasteiger partial charge in [-0.2, -0.15) is 0 Å². The zero-order valence-corrected chi connectivity index (χ0v) is 15.8. The van der Waals surface area contributed by atoms with E-state index in [1.807, 2.05) is 21.7 Å². The highest BCUT2D eigenvalue weighted by atomic mass is 16.2. The number of amides is 2. The summed E-state index contributed by atoms with van der Waals surface area (Å²) in [6.45, 7) is 2.84. The fraction of sp³-hybridized carbons (Fsp3) is 0.526. The van der Waals surface area contributed by atoms with Gasteiger partial charge in [-0.05, 0) is 25.7 Å². The van der Waals surface area contributed by atoms with Gasteiger partial charge < -0.3 is 15.5 Å². The third kappa shape index (κ3) is 3.83. The molecule has 0 bridgehead atoms. The second kappa shape index (κ2) is 7.95. The maximum Gasteiger partial charge on any atom is 0.225 e. The first-order chi connectivity index (χ1) is 13.6. The van der Waals surface area contributed by atoms with Crippen LogP contribution in [0.15, 0.2) is 31.1 Å². The van der Waals surface area contributed by atoms with Crippen LogP contribution in [0.3, 0.4) is 0 Å². The average Bonchev–Trinajstić information content (AvgIpc) is 3.28. The second-order valence-electron chi connectivity index (χ2n) is 7.47. The van der Waals surface area contributed by atoms with Crippen LogP contribution in [-0.2, 0) is 9.59 Å². The minimum Gasteiger partial charge on any atom is -0.369 e. The Morgan fingerprint density at radius 3 is 2.29 bits per heavy atom. The number of hydrogen-bond donors (Lipinski definition) is 1. The van der Waals surface area contributed by atoms with E-state index in [9.17, 15) is 9.59 Å². The number of nitrogens with zero attached hydrogens (tertiary/aromatic N) is 6. The largest absolute Gasteiger partial charge is 0.369 e. The van der Waals surface area contributed by atoms with Crippen molar-refractivity contribution in [3.8, 4) is 5.82 Å². The van der Waals surface area contributed by atoms with Gasteiger partial charge in [0.1, 0.15) is 24.3 Å². The summed E-state index contributed by atoms with van der Waals surface area (Å²) in [4.78, 5) is 41.0. The lowest BCUT2D eigenvalue weighted by atomic mass is 9.92. The van der Waals surface area contributed by atoms with Gasteiger partial charge in [0, 0.05) is 56.5 Å². The minimum atomic E-state index is -0.250. The Kier molecular flexibility index (Phi) is 5.23. The summed E-state index contributed by atoms with van der Waals surface area (Å²) in [5, 5.41) is 0. The molecule has 9 nitrogen and oxygen atoms in total. The molecule has 148 valence electrons.